The molecule has 0 spiro atoms. The third-order valence-corrected chi connectivity index (χ3v) is 5.51. The number of rotatable bonds is 4. The summed E-state index contributed by atoms with van der Waals surface area (Å²) in [6.45, 7) is 0.669. The topological polar surface area (TPSA) is 57.7 Å². The first-order valence-electron chi connectivity index (χ1n) is 7.84. The van der Waals surface area contributed by atoms with Gasteiger partial charge >= 0.3 is 0 Å². The van der Waals surface area contributed by atoms with Crippen molar-refractivity contribution in [3.05, 3.63) is 12.2 Å². The molecule has 21 heavy (non-hydrogen) atoms. The van der Waals surface area contributed by atoms with E-state index in [-0.39, 0.29) is 47.9 Å². The highest BCUT2D eigenvalue weighted by Gasteiger charge is 2.59. The monoisotopic (exact) mass is 288 g/mol. The predicted molar refractivity (Wildman–Crippen MR) is 74.8 cm³/mol. The lowest BCUT2D eigenvalue weighted by Gasteiger charge is -2.21. The van der Waals surface area contributed by atoms with Crippen LogP contribution in [0.3, 0.4) is 0 Å². The van der Waals surface area contributed by atoms with Gasteiger partial charge in [0.25, 0.3) is 0 Å². The van der Waals surface area contributed by atoms with Gasteiger partial charge in [0, 0.05) is 13.6 Å². The molecule has 1 heterocycles. The van der Waals surface area contributed by atoms with E-state index in [0.717, 1.165) is 13.0 Å². The average molecular weight is 288 g/mol. The summed E-state index contributed by atoms with van der Waals surface area (Å²) in [5, 5.41) is 0. The Morgan fingerprint density at radius 3 is 2.29 bits per heavy atom. The molecular formula is C16H20N2O3. The highest BCUT2D eigenvalue weighted by molar-refractivity contribution is 6.08. The van der Waals surface area contributed by atoms with E-state index in [4.69, 9.17) is 0 Å². The highest BCUT2D eigenvalue weighted by atomic mass is 16.2. The summed E-state index contributed by atoms with van der Waals surface area (Å²) in [5.41, 5.74) is 0. The van der Waals surface area contributed by atoms with Gasteiger partial charge in [-0.15, -0.1) is 0 Å². The van der Waals surface area contributed by atoms with Crippen molar-refractivity contribution in [1.29, 1.82) is 0 Å². The molecule has 112 valence electrons. The summed E-state index contributed by atoms with van der Waals surface area (Å²) in [6, 6.07) is 0. The van der Waals surface area contributed by atoms with Crippen LogP contribution in [0, 0.1) is 29.6 Å². The lowest BCUT2D eigenvalue weighted by atomic mass is 9.85. The summed E-state index contributed by atoms with van der Waals surface area (Å²) >= 11 is 0. The Morgan fingerprint density at radius 1 is 1.19 bits per heavy atom. The van der Waals surface area contributed by atoms with Crippen molar-refractivity contribution < 1.29 is 14.4 Å². The fourth-order valence-corrected chi connectivity index (χ4v) is 4.17. The number of amides is 3. The van der Waals surface area contributed by atoms with Crippen molar-refractivity contribution >= 4 is 17.7 Å². The molecule has 5 heteroatoms. The zero-order chi connectivity index (χ0) is 14.7. The molecule has 0 radical (unpaired) electrons. The zero-order valence-electron chi connectivity index (χ0n) is 12.2. The largest absolute Gasteiger partial charge is 0.344 e. The molecule has 4 atom stereocenters. The van der Waals surface area contributed by atoms with Crippen LogP contribution >= 0.6 is 0 Å². The number of allylic oxidation sites excluding steroid dienone is 2. The smallest absolute Gasteiger partial charge is 0.242 e. The molecule has 4 rings (SSSR count). The van der Waals surface area contributed by atoms with Gasteiger partial charge in [-0.3, -0.25) is 19.3 Å². The van der Waals surface area contributed by atoms with Gasteiger partial charge in [-0.2, -0.15) is 0 Å². The van der Waals surface area contributed by atoms with Crippen LogP contribution in [0.2, 0.25) is 0 Å². The second-order valence-corrected chi connectivity index (χ2v) is 6.98. The Bertz CT molecular complexity index is 522. The molecule has 3 fully saturated rings. The number of carbonyl (C=O) groups is 3. The van der Waals surface area contributed by atoms with Crippen molar-refractivity contribution in [3.8, 4) is 0 Å². The zero-order valence-corrected chi connectivity index (χ0v) is 12.2. The minimum Gasteiger partial charge on any atom is -0.344 e. The summed E-state index contributed by atoms with van der Waals surface area (Å²) in [4.78, 5) is 40.1. The molecule has 3 aliphatic carbocycles. The van der Waals surface area contributed by atoms with Crippen LogP contribution < -0.4 is 0 Å². The number of likely N-dealkylation sites (tertiary alicyclic amines) is 1. The van der Waals surface area contributed by atoms with Gasteiger partial charge in [-0.05, 0) is 37.0 Å². The van der Waals surface area contributed by atoms with E-state index >= 15 is 0 Å². The molecule has 2 saturated carbocycles. The quantitative estimate of drug-likeness (QED) is 0.564. The van der Waals surface area contributed by atoms with Crippen LogP contribution in [-0.2, 0) is 14.4 Å². The standard InChI is InChI=1S/C16H20N2O3/c1-17(7-9-2-3-9)12(19)8-18-15(20)13-10-4-5-11(6-10)14(13)16(18)21/h4-5,9-11,13-14H,2-3,6-8H2,1H3/t10-,11-,13-,14-/m0/s1. The van der Waals surface area contributed by atoms with Crippen molar-refractivity contribution in [1.82, 2.24) is 9.80 Å². The lowest BCUT2D eigenvalue weighted by Crippen LogP contribution is -2.43. The second kappa shape index (κ2) is 4.42. The molecule has 0 N–H and O–H groups in total. The molecule has 4 aliphatic rings. The van der Waals surface area contributed by atoms with Crippen molar-refractivity contribution in [2.75, 3.05) is 20.1 Å². The second-order valence-electron chi connectivity index (χ2n) is 6.98. The molecule has 0 aromatic rings. The molecule has 0 aromatic carbocycles. The van der Waals surface area contributed by atoms with Crippen LogP contribution in [0.4, 0.5) is 0 Å². The number of likely N-dealkylation sites (N-methyl/N-ethyl adjacent to an activating group) is 1. The Labute approximate surface area is 124 Å². The van der Waals surface area contributed by atoms with E-state index < -0.39 is 0 Å². The van der Waals surface area contributed by atoms with Crippen LogP contribution in [0.5, 0.6) is 0 Å². The first-order chi connectivity index (χ1) is 10.1. The molecule has 2 bridgehead atoms. The number of hydrogen-bond donors (Lipinski definition) is 0. The van der Waals surface area contributed by atoms with E-state index in [1.807, 2.05) is 0 Å². The Kier molecular flexibility index (Phi) is 2.75. The SMILES string of the molecule is CN(CC1CC1)C(=O)CN1C(=O)[C@@H]2[C@@H](C1=O)[C@H]1C=C[C@H]2C1. The highest BCUT2D eigenvalue weighted by Crippen LogP contribution is 2.52. The maximum absolute atomic E-state index is 12.5. The number of imide groups is 1. The third-order valence-electron chi connectivity index (χ3n) is 5.51. The van der Waals surface area contributed by atoms with Gasteiger partial charge in [-0.25, -0.2) is 0 Å². The van der Waals surface area contributed by atoms with Gasteiger partial charge in [-0.1, -0.05) is 12.2 Å². The Balaban J connectivity index is 1.45. The summed E-state index contributed by atoms with van der Waals surface area (Å²) < 4.78 is 0. The van der Waals surface area contributed by atoms with E-state index in [1.165, 1.54) is 17.7 Å². The van der Waals surface area contributed by atoms with Crippen LogP contribution in [-0.4, -0.2) is 47.7 Å². The minimum atomic E-state index is -0.200. The molecular weight excluding hydrogens is 268 g/mol. The van der Waals surface area contributed by atoms with Crippen LogP contribution in [0.25, 0.3) is 0 Å². The van der Waals surface area contributed by atoms with Gasteiger partial charge in [0.2, 0.25) is 17.7 Å². The van der Waals surface area contributed by atoms with E-state index in [9.17, 15) is 14.4 Å². The molecule has 3 amide bonds. The fraction of sp³-hybridized carbons (Fsp3) is 0.688. The van der Waals surface area contributed by atoms with Crippen molar-refractivity contribution in [2.24, 2.45) is 29.6 Å². The summed E-state index contributed by atoms with van der Waals surface area (Å²) in [7, 11) is 1.76. The first kappa shape index (κ1) is 13.0. The predicted octanol–water partition coefficient (Wildman–Crippen LogP) is 0.662. The fourth-order valence-electron chi connectivity index (χ4n) is 4.17. The number of carbonyl (C=O) groups excluding carboxylic acids is 3. The maximum atomic E-state index is 12.5. The van der Waals surface area contributed by atoms with Crippen LogP contribution in [0.15, 0.2) is 12.2 Å². The Hall–Kier alpha value is -1.65. The minimum absolute atomic E-state index is 0.0761. The van der Waals surface area contributed by atoms with Gasteiger partial charge in [0.15, 0.2) is 0 Å². The molecule has 1 saturated heterocycles. The Morgan fingerprint density at radius 2 is 1.76 bits per heavy atom. The van der Waals surface area contributed by atoms with E-state index in [0.29, 0.717) is 5.92 Å². The van der Waals surface area contributed by atoms with Crippen molar-refractivity contribution in [2.45, 2.75) is 19.3 Å². The third kappa shape index (κ3) is 1.93. The summed E-state index contributed by atoms with van der Waals surface area (Å²) in [5.74, 6) is 0.252. The molecule has 5 nitrogen and oxygen atoms in total. The van der Waals surface area contributed by atoms with Crippen LogP contribution in [0.1, 0.15) is 19.3 Å². The van der Waals surface area contributed by atoms with Crippen molar-refractivity contribution in [3.63, 3.8) is 0 Å². The molecule has 0 aromatic heterocycles. The molecule has 1 aliphatic heterocycles. The number of nitrogens with zero attached hydrogens (tertiary/aromatic N) is 2. The van der Waals surface area contributed by atoms with Gasteiger partial charge in [0.1, 0.15) is 6.54 Å². The van der Waals surface area contributed by atoms with Gasteiger partial charge < -0.3 is 4.90 Å². The normalized spacial score (nSPS) is 36.5. The lowest BCUT2D eigenvalue weighted by molar-refractivity contribution is -0.146. The average Bonchev–Trinajstić information content (AvgIpc) is 2.95. The van der Waals surface area contributed by atoms with Gasteiger partial charge in [0.05, 0.1) is 11.8 Å². The number of hydrogen-bond acceptors (Lipinski definition) is 3. The number of fused-ring (bicyclic) bond motifs is 5. The van der Waals surface area contributed by atoms with E-state index in [1.54, 1.807) is 11.9 Å². The molecule has 0 unspecified atom stereocenters. The summed E-state index contributed by atoms with van der Waals surface area (Å²) in [6.07, 6.45) is 7.43. The van der Waals surface area contributed by atoms with E-state index in [2.05, 4.69) is 12.2 Å². The first-order valence-corrected chi connectivity index (χ1v) is 7.84. The maximum Gasteiger partial charge on any atom is 0.242 e.